The van der Waals surface area contributed by atoms with E-state index >= 15 is 0 Å². The molecule has 0 aromatic carbocycles. The average Bonchev–Trinajstić information content (AvgIpc) is 2.75. The van der Waals surface area contributed by atoms with Gasteiger partial charge < -0.3 is 14.4 Å². The van der Waals surface area contributed by atoms with Gasteiger partial charge in [0.05, 0.1) is 5.56 Å². The van der Waals surface area contributed by atoms with Gasteiger partial charge in [-0.3, -0.25) is 4.79 Å². The third-order valence-electron chi connectivity index (χ3n) is 1.96. The van der Waals surface area contributed by atoms with Crippen LogP contribution in [0.1, 0.15) is 16.1 Å². The van der Waals surface area contributed by atoms with Gasteiger partial charge in [0.15, 0.2) is 5.82 Å². The highest BCUT2D eigenvalue weighted by Crippen LogP contribution is 2.09. The molecule has 2 aromatic heterocycles. The van der Waals surface area contributed by atoms with Crippen LogP contribution in [0.3, 0.4) is 0 Å². The molecule has 2 rings (SSSR count). The Labute approximate surface area is 86.7 Å². The average molecular weight is 205 g/mol. The number of carbonyl (C=O) groups is 1. The highest BCUT2D eigenvalue weighted by atomic mass is 16.5. The predicted molar refractivity (Wildman–Crippen MR) is 54.6 cm³/mol. The van der Waals surface area contributed by atoms with Crippen molar-refractivity contribution in [2.45, 2.75) is 6.92 Å². The Kier molecular flexibility index (Phi) is 2.29. The Morgan fingerprint density at radius 3 is 2.93 bits per heavy atom. The second kappa shape index (κ2) is 3.61. The molecule has 15 heavy (non-hydrogen) atoms. The molecular formula is C10H11N3O2. The number of aryl methyl sites for hydroxylation is 2. The largest absolute Gasteiger partial charge is 0.360 e. The van der Waals surface area contributed by atoms with Gasteiger partial charge in [-0.15, -0.1) is 0 Å². The number of rotatable bonds is 2. The van der Waals surface area contributed by atoms with E-state index in [1.165, 1.54) is 0 Å². The van der Waals surface area contributed by atoms with Gasteiger partial charge in [-0.2, -0.15) is 0 Å². The first-order valence-electron chi connectivity index (χ1n) is 4.52. The summed E-state index contributed by atoms with van der Waals surface area (Å²) < 4.78 is 6.65. The first-order chi connectivity index (χ1) is 7.15. The van der Waals surface area contributed by atoms with Crippen LogP contribution in [0.2, 0.25) is 0 Å². The lowest BCUT2D eigenvalue weighted by molar-refractivity contribution is 0.102. The van der Waals surface area contributed by atoms with Crippen molar-refractivity contribution in [2.75, 3.05) is 5.32 Å². The summed E-state index contributed by atoms with van der Waals surface area (Å²) in [6.07, 6.45) is 3.55. The van der Waals surface area contributed by atoms with Crippen molar-refractivity contribution in [1.29, 1.82) is 0 Å². The zero-order chi connectivity index (χ0) is 10.8. The van der Waals surface area contributed by atoms with Crippen molar-refractivity contribution in [3.63, 3.8) is 0 Å². The van der Waals surface area contributed by atoms with Crippen molar-refractivity contribution >= 4 is 11.7 Å². The summed E-state index contributed by atoms with van der Waals surface area (Å²) in [5.74, 6) is 0.906. The van der Waals surface area contributed by atoms with Crippen LogP contribution in [-0.4, -0.2) is 15.6 Å². The number of carbonyl (C=O) groups excluding carboxylic acids is 1. The summed E-state index contributed by atoms with van der Waals surface area (Å²) in [5, 5.41) is 6.31. The van der Waals surface area contributed by atoms with Gasteiger partial charge in [0.25, 0.3) is 5.91 Å². The highest BCUT2D eigenvalue weighted by Gasteiger charge is 2.09. The van der Waals surface area contributed by atoms with Crippen LogP contribution >= 0.6 is 0 Å². The molecule has 0 unspecified atom stereocenters. The van der Waals surface area contributed by atoms with Crippen LogP contribution in [0.4, 0.5) is 5.82 Å². The Morgan fingerprint density at radius 1 is 1.60 bits per heavy atom. The molecule has 2 heterocycles. The van der Waals surface area contributed by atoms with E-state index in [2.05, 4.69) is 10.5 Å². The molecule has 0 radical (unpaired) electrons. The molecule has 5 nitrogen and oxygen atoms in total. The summed E-state index contributed by atoms with van der Waals surface area (Å²) in [6, 6.07) is 3.41. The van der Waals surface area contributed by atoms with Gasteiger partial charge in [0.1, 0.15) is 5.76 Å². The van der Waals surface area contributed by atoms with Gasteiger partial charge in [0.2, 0.25) is 0 Å². The number of hydrogen-bond donors (Lipinski definition) is 1. The fourth-order valence-electron chi connectivity index (χ4n) is 1.25. The topological polar surface area (TPSA) is 60.1 Å². The highest BCUT2D eigenvalue weighted by molar-refractivity contribution is 6.03. The maximum atomic E-state index is 11.6. The minimum Gasteiger partial charge on any atom is -0.360 e. The van der Waals surface area contributed by atoms with Crippen LogP contribution in [0.15, 0.2) is 29.0 Å². The first-order valence-corrected chi connectivity index (χ1v) is 4.52. The van der Waals surface area contributed by atoms with Crippen molar-refractivity contribution < 1.29 is 9.32 Å². The Bertz CT molecular complexity index is 484. The second-order valence-corrected chi connectivity index (χ2v) is 3.34. The van der Waals surface area contributed by atoms with E-state index in [0.717, 1.165) is 0 Å². The third-order valence-corrected chi connectivity index (χ3v) is 1.96. The minimum absolute atomic E-state index is 0.191. The standard InChI is InChI=1S/C10H11N3O2/c1-7-5-9(12-15-7)11-10(14)8-3-4-13(2)6-8/h3-6H,1-2H3,(H,11,12,14). The molecule has 0 saturated carbocycles. The van der Waals surface area contributed by atoms with E-state index in [4.69, 9.17) is 4.52 Å². The number of nitrogens with zero attached hydrogens (tertiary/aromatic N) is 2. The molecule has 0 aliphatic rings. The smallest absolute Gasteiger partial charge is 0.258 e. The first kappa shape index (κ1) is 9.51. The normalized spacial score (nSPS) is 10.3. The van der Waals surface area contributed by atoms with Crippen LogP contribution in [0.25, 0.3) is 0 Å². The Morgan fingerprint density at radius 2 is 2.40 bits per heavy atom. The lowest BCUT2D eigenvalue weighted by Crippen LogP contribution is -2.11. The predicted octanol–water partition coefficient (Wildman–Crippen LogP) is 1.57. The van der Waals surface area contributed by atoms with Gasteiger partial charge in [-0.1, -0.05) is 5.16 Å². The third kappa shape index (κ3) is 2.07. The van der Waals surface area contributed by atoms with Crippen LogP contribution in [0, 0.1) is 6.92 Å². The fraction of sp³-hybridized carbons (Fsp3) is 0.200. The zero-order valence-electron chi connectivity index (χ0n) is 8.52. The molecule has 0 fully saturated rings. The molecule has 0 bridgehead atoms. The monoisotopic (exact) mass is 205 g/mol. The van der Waals surface area contributed by atoms with Crippen LogP contribution in [0.5, 0.6) is 0 Å². The van der Waals surface area contributed by atoms with Crippen molar-refractivity contribution in [3.05, 3.63) is 35.9 Å². The molecule has 0 aliphatic carbocycles. The molecule has 78 valence electrons. The maximum Gasteiger partial charge on any atom is 0.258 e. The van der Waals surface area contributed by atoms with E-state index < -0.39 is 0 Å². The van der Waals surface area contributed by atoms with Gasteiger partial charge in [-0.05, 0) is 13.0 Å². The molecule has 0 saturated heterocycles. The molecule has 1 amide bonds. The van der Waals surface area contributed by atoms with E-state index in [1.54, 1.807) is 25.3 Å². The van der Waals surface area contributed by atoms with E-state index in [-0.39, 0.29) is 5.91 Å². The van der Waals surface area contributed by atoms with E-state index in [0.29, 0.717) is 17.1 Å². The molecule has 0 spiro atoms. The summed E-state index contributed by atoms with van der Waals surface area (Å²) in [5.41, 5.74) is 0.596. The van der Waals surface area contributed by atoms with Crippen LogP contribution < -0.4 is 5.32 Å². The van der Waals surface area contributed by atoms with Gasteiger partial charge in [-0.25, -0.2) is 0 Å². The molecule has 1 N–H and O–H groups in total. The Balaban J connectivity index is 2.10. The summed E-state index contributed by atoms with van der Waals surface area (Å²) in [4.78, 5) is 11.6. The number of anilines is 1. The molecule has 0 atom stereocenters. The van der Waals surface area contributed by atoms with Gasteiger partial charge in [0, 0.05) is 25.5 Å². The number of amides is 1. The molecule has 5 heteroatoms. The lowest BCUT2D eigenvalue weighted by atomic mass is 10.3. The summed E-state index contributed by atoms with van der Waals surface area (Å²) in [6.45, 7) is 1.77. The van der Waals surface area contributed by atoms with E-state index in [1.807, 2.05) is 17.8 Å². The quantitative estimate of drug-likeness (QED) is 0.809. The summed E-state index contributed by atoms with van der Waals surface area (Å²) >= 11 is 0. The molecule has 0 aliphatic heterocycles. The fourth-order valence-corrected chi connectivity index (χ4v) is 1.25. The number of hydrogen-bond acceptors (Lipinski definition) is 3. The number of nitrogens with one attached hydrogen (secondary N) is 1. The second-order valence-electron chi connectivity index (χ2n) is 3.34. The maximum absolute atomic E-state index is 11.6. The van der Waals surface area contributed by atoms with E-state index in [9.17, 15) is 4.79 Å². The Hall–Kier alpha value is -2.04. The van der Waals surface area contributed by atoms with Crippen molar-refractivity contribution in [2.24, 2.45) is 7.05 Å². The van der Waals surface area contributed by atoms with Crippen LogP contribution in [-0.2, 0) is 7.05 Å². The van der Waals surface area contributed by atoms with Crippen molar-refractivity contribution in [1.82, 2.24) is 9.72 Å². The van der Waals surface area contributed by atoms with Gasteiger partial charge >= 0.3 is 0 Å². The minimum atomic E-state index is -0.191. The zero-order valence-corrected chi connectivity index (χ0v) is 8.52. The van der Waals surface area contributed by atoms with Crippen molar-refractivity contribution in [3.8, 4) is 0 Å². The number of aromatic nitrogens is 2. The SMILES string of the molecule is Cc1cc(NC(=O)c2ccn(C)c2)no1. The molecular weight excluding hydrogens is 194 g/mol. The lowest BCUT2D eigenvalue weighted by Gasteiger charge is -1.96. The molecule has 2 aromatic rings. The summed E-state index contributed by atoms with van der Waals surface area (Å²) in [7, 11) is 1.86.